The topological polar surface area (TPSA) is 109 Å². The molecule has 0 aliphatic heterocycles. The lowest BCUT2D eigenvalue weighted by Gasteiger charge is -2.27. The molecule has 0 spiro atoms. The van der Waals surface area contributed by atoms with E-state index in [1.165, 1.54) is 187 Å². The van der Waals surface area contributed by atoms with Gasteiger partial charge in [-0.25, -0.2) is 0 Å². The van der Waals surface area contributed by atoms with Gasteiger partial charge in [-0.3, -0.25) is 19.2 Å². The van der Waals surface area contributed by atoms with Crippen LogP contribution in [-0.2, 0) is 33.4 Å². The number of ether oxygens (including phenoxy) is 3. The van der Waals surface area contributed by atoms with Gasteiger partial charge in [-0.05, 0) is 52.9 Å². The van der Waals surface area contributed by atoms with Crippen molar-refractivity contribution >= 4 is 23.7 Å². The number of carbonyl (C=O) groups excluding carboxylic acids is 4. The van der Waals surface area contributed by atoms with Crippen LogP contribution in [0, 0.1) is 0 Å². The molecule has 0 radical (unpaired) electrons. The molecule has 0 amide bonds. The number of carbonyl (C=O) groups is 4. The number of unbranched alkanes of at least 4 members (excludes halogenated alkanes) is 31. The van der Waals surface area contributed by atoms with Crippen molar-refractivity contribution in [3.05, 3.63) is 0 Å². The molecular weight excluding hydrogens is 913 g/mol. The summed E-state index contributed by atoms with van der Waals surface area (Å²) in [6.07, 6.45) is 46.5. The molecule has 0 N–H and O–H groups in total. The van der Waals surface area contributed by atoms with Gasteiger partial charge in [0.1, 0.15) is 5.78 Å². The van der Waals surface area contributed by atoms with E-state index in [4.69, 9.17) is 14.2 Å². The van der Waals surface area contributed by atoms with Crippen LogP contribution in [0.1, 0.15) is 278 Å². The van der Waals surface area contributed by atoms with Gasteiger partial charge in [0.2, 0.25) is 0 Å². The molecule has 0 aliphatic carbocycles. The van der Waals surface area contributed by atoms with Gasteiger partial charge in [0.15, 0.2) is 0 Å². The third-order valence-corrected chi connectivity index (χ3v) is 14.8. The monoisotopic (exact) mass is 1030 g/mol. The second-order valence-electron chi connectivity index (χ2n) is 21.9. The number of nitrogens with zero attached hydrogens (tertiary/aromatic N) is 4. The summed E-state index contributed by atoms with van der Waals surface area (Å²) in [7, 11) is 5.72. The number of methoxy groups -OCH3 is 1. The quantitative estimate of drug-likeness (QED) is 0.0330. The lowest BCUT2D eigenvalue weighted by Crippen LogP contribution is -2.38. The third-order valence-electron chi connectivity index (χ3n) is 14.8. The minimum Gasteiger partial charge on any atom is -0.469 e. The van der Waals surface area contributed by atoms with Gasteiger partial charge in [0, 0.05) is 65.2 Å². The average molecular weight is 1040 g/mol. The molecule has 11 nitrogen and oxygen atoms in total. The van der Waals surface area contributed by atoms with Gasteiger partial charge in [-0.1, -0.05) is 220 Å². The van der Waals surface area contributed by atoms with Crippen molar-refractivity contribution in [1.29, 1.82) is 0 Å². The Labute approximate surface area is 452 Å². The number of rotatable bonds is 59. The highest BCUT2D eigenvalue weighted by Crippen LogP contribution is 2.15. The molecule has 0 heterocycles. The molecule has 0 aliphatic rings. The summed E-state index contributed by atoms with van der Waals surface area (Å²) in [6, 6.07) is 0. The first-order chi connectivity index (χ1) is 35.6. The SMILES string of the molecule is CCCCCCCCCCCCCCC(=O)CCN(CCC(=O)OC)CCN(C)CCCN(C)CCN(CCC(=O)OCCCCCCCCCCCCC)CCC(=O)OCCCCCCCCCCCCC. The highest BCUT2D eigenvalue weighted by molar-refractivity contribution is 5.78. The molecule has 0 saturated carbocycles. The second-order valence-corrected chi connectivity index (χ2v) is 21.9. The molecule has 0 bridgehead atoms. The Morgan fingerprint density at radius 1 is 0.288 bits per heavy atom. The average Bonchev–Trinajstić information content (AvgIpc) is 3.38. The minimum atomic E-state index is -0.215. The fourth-order valence-electron chi connectivity index (χ4n) is 9.60. The van der Waals surface area contributed by atoms with Gasteiger partial charge >= 0.3 is 17.9 Å². The van der Waals surface area contributed by atoms with Gasteiger partial charge in [-0.2, -0.15) is 0 Å². The zero-order valence-electron chi connectivity index (χ0n) is 49.4. The smallest absolute Gasteiger partial charge is 0.307 e. The first-order valence-corrected chi connectivity index (χ1v) is 31.4. The summed E-state index contributed by atoms with van der Waals surface area (Å²) >= 11 is 0. The molecule has 0 aromatic heterocycles. The number of ketones is 1. The van der Waals surface area contributed by atoms with Gasteiger partial charge in [-0.15, -0.1) is 0 Å². The van der Waals surface area contributed by atoms with Gasteiger partial charge in [0.25, 0.3) is 0 Å². The summed E-state index contributed by atoms with van der Waals surface area (Å²) < 4.78 is 16.2. The van der Waals surface area contributed by atoms with Crippen molar-refractivity contribution in [3.8, 4) is 0 Å². The maximum absolute atomic E-state index is 12.8. The molecule has 0 fully saturated rings. The predicted octanol–water partition coefficient (Wildman–Crippen LogP) is 14.9. The van der Waals surface area contributed by atoms with Gasteiger partial charge in [0.05, 0.1) is 39.6 Å². The predicted molar refractivity (Wildman–Crippen MR) is 309 cm³/mol. The van der Waals surface area contributed by atoms with Crippen LogP contribution in [0.5, 0.6) is 0 Å². The lowest BCUT2D eigenvalue weighted by molar-refractivity contribution is -0.144. The van der Waals surface area contributed by atoms with Crippen LogP contribution >= 0.6 is 0 Å². The van der Waals surface area contributed by atoms with Crippen LogP contribution in [0.3, 0.4) is 0 Å². The Morgan fingerprint density at radius 3 is 0.904 bits per heavy atom. The molecule has 11 heteroatoms. The van der Waals surface area contributed by atoms with Gasteiger partial charge < -0.3 is 33.8 Å². The van der Waals surface area contributed by atoms with Crippen LogP contribution in [0.4, 0.5) is 0 Å². The standard InChI is InChI=1S/C62H122N4O7/c1-7-10-13-16-19-22-25-26-29-32-35-38-42-59(67)43-49-65(50-44-60(68)71-6)55-53-63(4)47-41-48-64(5)54-56-66(51-45-61(69)72-57-39-36-33-30-27-23-20-17-14-11-8-2)52-46-62(70)73-58-40-37-34-31-28-24-21-18-15-12-9-3/h7-58H2,1-6H3. The minimum absolute atomic E-state index is 0.155. The van der Waals surface area contributed by atoms with Crippen molar-refractivity contribution in [1.82, 2.24) is 19.6 Å². The van der Waals surface area contributed by atoms with E-state index in [0.29, 0.717) is 77.3 Å². The number of esters is 3. The van der Waals surface area contributed by atoms with E-state index in [-0.39, 0.29) is 17.9 Å². The molecule has 432 valence electrons. The highest BCUT2D eigenvalue weighted by atomic mass is 16.5. The van der Waals surface area contributed by atoms with E-state index in [0.717, 1.165) is 84.2 Å². The molecule has 0 aromatic carbocycles. The van der Waals surface area contributed by atoms with Crippen LogP contribution in [0.15, 0.2) is 0 Å². The first kappa shape index (κ1) is 70.9. The first-order valence-electron chi connectivity index (χ1n) is 31.4. The fourth-order valence-corrected chi connectivity index (χ4v) is 9.60. The Hall–Kier alpha value is -2.08. The zero-order chi connectivity index (χ0) is 53.5. The van der Waals surface area contributed by atoms with Crippen molar-refractivity contribution in [2.75, 3.05) is 99.9 Å². The number of hydrogen-bond donors (Lipinski definition) is 0. The summed E-state index contributed by atoms with van der Waals surface area (Å²) in [5.74, 6) is -0.197. The Balaban J connectivity index is 4.75. The molecule has 0 aromatic rings. The molecule has 0 unspecified atom stereocenters. The summed E-state index contributed by atoms with van der Waals surface area (Å²) in [5.41, 5.74) is 0. The van der Waals surface area contributed by atoms with E-state index >= 15 is 0 Å². The summed E-state index contributed by atoms with van der Waals surface area (Å²) in [4.78, 5) is 59.6. The van der Waals surface area contributed by atoms with Crippen molar-refractivity contribution in [2.45, 2.75) is 278 Å². The number of hydrogen-bond acceptors (Lipinski definition) is 11. The Kier molecular flexibility index (Phi) is 54.5. The normalized spacial score (nSPS) is 11.7. The molecule has 0 rings (SSSR count). The fraction of sp³-hybridized carbons (Fsp3) is 0.935. The van der Waals surface area contributed by atoms with Crippen LogP contribution in [-0.4, -0.2) is 143 Å². The maximum Gasteiger partial charge on any atom is 0.307 e. The number of likely N-dealkylation sites (N-methyl/N-ethyl adjacent to an activating group) is 2. The molecule has 0 atom stereocenters. The van der Waals surface area contributed by atoms with Crippen molar-refractivity contribution in [2.24, 2.45) is 0 Å². The summed E-state index contributed by atoms with van der Waals surface area (Å²) in [5, 5.41) is 0. The maximum atomic E-state index is 12.8. The largest absolute Gasteiger partial charge is 0.469 e. The zero-order valence-corrected chi connectivity index (χ0v) is 49.4. The van der Waals surface area contributed by atoms with Crippen LogP contribution in [0.25, 0.3) is 0 Å². The van der Waals surface area contributed by atoms with Crippen molar-refractivity contribution in [3.63, 3.8) is 0 Å². The lowest BCUT2D eigenvalue weighted by atomic mass is 10.0. The van der Waals surface area contributed by atoms with Crippen LogP contribution < -0.4 is 0 Å². The molecule has 0 saturated heterocycles. The van der Waals surface area contributed by atoms with E-state index in [1.807, 2.05) is 0 Å². The van der Waals surface area contributed by atoms with E-state index in [9.17, 15) is 19.2 Å². The Bertz CT molecular complexity index is 1180. The second kappa shape index (κ2) is 56.1. The molecular formula is C62H122N4O7. The van der Waals surface area contributed by atoms with E-state index < -0.39 is 0 Å². The van der Waals surface area contributed by atoms with Crippen LogP contribution in [0.2, 0.25) is 0 Å². The van der Waals surface area contributed by atoms with E-state index in [1.54, 1.807) is 0 Å². The molecule has 73 heavy (non-hydrogen) atoms. The highest BCUT2D eigenvalue weighted by Gasteiger charge is 2.15. The van der Waals surface area contributed by atoms with E-state index in [2.05, 4.69) is 54.5 Å². The summed E-state index contributed by atoms with van der Waals surface area (Å²) in [6.45, 7) is 15.3. The Morgan fingerprint density at radius 2 is 0.575 bits per heavy atom. The third kappa shape index (κ3) is 53.1. The number of Topliss-reactive ketones (excluding diaryl/α,β-unsaturated/α-hetero) is 1. The van der Waals surface area contributed by atoms with Crippen molar-refractivity contribution < 1.29 is 33.4 Å².